The largest absolute Gasteiger partial charge is 0.326 e. The molecule has 2 aromatic carbocycles. The maximum atomic E-state index is 13.2. The molecule has 1 heterocycles. The van der Waals surface area contributed by atoms with Gasteiger partial charge in [-0.1, -0.05) is 66.8 Å². The highest BCUT2D eigenvalue weighted by molar-refractivity contribution is 8.26. The van der Waals surface area contributed by atoms with Crippen molar-refractivity contribution in [2.75, 3.05) is 11.9 Å². The van der Waals surface area contributed by atoms with Crippen molar-refractivity contribution in [1.29, 1.82) is 0 Å². The average molecular weight is 463 g/mol. The molecule has 30 heavy (non-hydrogen) atoms. The molecule has 0 bridgehead atoms. The van der Waals surface area contributed by atoms with Crippen molar-refractivity contribution in [3.05, 3.63) is 69.3 Å². The Hall–Kier alpha value is -2.22. The minimum atomic E-state index is -0.543. The third-order valence-corrected chi connectivity index (χ3v) is 6.22. The van der Waals surface area contributed by atoms with Crippen LogP contribution in [0, 0.1) is 5.82 Å². The number of benzene rings is 2. The average Bonchev–Trinajstić information content (AvgIpc) is 2.98. The van der Waals surface area contributed by atoms with E-state index in [4.69, 9.17) is 23.8 Å². The highest BCUT2D eigenvalue weighted by Gasteiger charge is 2.31. The van der Waals surface area contributed by atoms with Crippen molar-refractivity contribution in [3.8, 4) is 0 Å². The van der Waals surface area contributed by atoms with Crippen molar-refractivity contribution in [1.82, 2.24) is 4.90 Å². The fourth-order valence-corrected chi connectivity index (χ4v) is 4.38. The summed E-state index contributed by atoms with van der Waals surface area (Å²) < 4.78 is 13.7. The minimum Gasteiger partial charge on any atom is -0.326 e. The summed E-state index contributed by atoms with van der Waals surface area (Å²) >= 11 is 12.3. The zero-order chi connectivity index (χ0) is 21.7. The van der Waals surface area contributed by atoms with Gasteiger partial charge in [0.05, 0.1) is 9.93 Å². The molecule has 0 aliphatic carbocycles. The van der Waals surface area contributed by atoms with Gasteiger partial charge in [0.1, 0.15) is 10.1 Å². The second kappa shape index (κ2) is 10.2. The maximum Gasteiger partial charge on any atom is 0.266 e. The topological polar surface area (TPSA) is 49.4 Å². The van der Waals surface area contributed by atoms with Gasteiger partial charge in [0.15, 0.2) is 0 Å². The van der Waals surface area contributed by atoms with E-state index in [0.717, 1.165) is 12.0 Å². The van der Waals surface area contributed by atoms with Gasteiger partial charge in [0, 0.05) is 18.7 Å². The van der Waals surface area contributed by atoms with Gasteiger partial charge >= 0.3 is 0 Å². The number of carbonyl (C=O) groups is 2. The highest BCUT2D eigenvalue weighted by Crippen LogP contribution is 2.32. The molecule has 1 fully saturated rings. The van der Waals surface area contributed by atoms with Crippen LogP contribution in [0.5, 0.6) is 0 Å². The van der Waals surface area contributed by atoms with Crippen LogP contribution < -0.4 is 5.32 Å². The predicted molar refractivity (Wildman–Crippen MR) is 125 cm³/mol. The lowest BCUT2D eigenvalue weighted by molar-refractivity contribution is -0.122. The Balaban J connectivity index is 1.53. The molecule has 0 radical (unpaired) electrons. The van der Waals surface area contributed by atoms with Crippen LogP contribution in [0.15, 0.2) is 47.4 Å². The molecule has 0 saturated carbocycles. The van der Waals surface area contributed by atoms with Gasteiger partial charge in [0.25, 0.3) is 5.91 Å². The number of thiocarbonyl (C=S) groups is 1. The van der Waals surface area contributed by atoms with E-state index >= 15 is 0 Å². The molecule has 8 heteroatoms. The summed E-state index contributed by atoms with van der Waals surface area (Å²) in [5.41, 5.74) is 2.61. The third kappa shape index (κ3) is 5.68. The number of amides is 2. The van der Waals surface area contributed by atoms with Crippen molar-refractivity contribution in [2.24, 2.45) is 0 Å². The van der Waals surface area contributed by atoms with Gasteiger partial charge in [-0.3, -0.25) is 14.5 Å². The Kier molecular flexibility index (Phi) is 7.64. The Morgan fingerprint density at radius 1 is 1.27 bits per heavy atom. The molecule has 1 saturated heterocycles. The van der Waals surface area contributed by atoms with E-state index in [2.05, 4.69) is 12.2 Å². The summed E-state index contributed by atoms with van der Waals surface area (Å²) in [7, 11) is 0. The van der Waals surface area contributed by atoms with Crippen molar-refractivity contribution >= 4 is 63.5 Å². The Morgan fingerprint density at radius 3 is 2.67 bits per heavy atom. The SMILES string of the molecule is CCc1ccc(/C=C2/SC(=S)N(CCCC(=O)Nc3ccc(F)c(Cl)c3)C2=O)cc1. The predicted octanol–water partition coefficient (Wildman–Crippen LogP) is 5.66. The highest BCUT2D eigenvalue weighted by atomic mass is 35.5. The standard InChI is InChI=1S/C22H20ClFN2O2S2/c1-2-14-5-7-15(8-6-14)12-19-21(28)26(22(29)30-19)11-3-4-20(27)25-16-9-10-18(24)17(23)13-16/h5-10,12-13H,2-4,11H2,1H3,(H,25,27)/b19-12+. The summed E-state index contributed by atoms with van der Waals surface area (Å²) in [6.45, 7) is 2.45. The van der Waals surface area contributed by atoms with E-state index in [1.807, 2.05) is 30.3 Å². The van der Waals surface area contributed by atoms with Gasteiger partial charge in [-0.25, -0.2) is 4.39 Å². The summed E-state index contributed by atoms with van der Waals surface area (Å²) in [6, 6.07) is 12.0. The first-order valence-corrected chi connectivity index (χ1v) is 11.1. The van der Waals surface area contributed by atoms with E-state index in [1.54, 1.807) is 0 Å². The summed E-state index contributed by atoms with van der Waals surface area (Å²) in [5.74, 6) is -0.927. The zero-order valence-corrected chi connectivity index (χ0v) is 18.7. The lowest BCUT2D eigenvalue weighted by atomic mass is 10.1. The number of hydrogen-bond acceptors (Lipinski definition) is 4. The van der Waals surface area contributed by atoms with Gasteiger partial charge < -0.3 is 5.32 Å². The molecule has 1 N–H and O–H groups in total. The van der Waals surface area contributed by atoms with E-state index in [-0.39, 0.29) is 23.3 Å². The number of halogens is 2. The quantitative estimate of drug-likeness (QED) is 0.426. The first kappa shape index (κ1) is 22.5. The van der Waals surface area contributed by atoms with E-state index in [0.29, 0.717) is 27.9 Å². The first-order valence-electron chi connectivity index (χ1n) is 9.46. The lowest BCUT2D eigenvalue weighted by Gasteiger charge is -2.14. The number of nitrogens with one attached hydrogen (secondary N) is 1. The van der Waals surface area contributed by atoms with Crippen LogP contribution in [-0.2, 0) is 16.0 Å². The van der Waals surface area contributed by atoms with Gasteiger partial charge in [-0.2, -0.15) is 0 Å². The molecule has 1 aliphatic heterocycles. The van der Waals surface area contributed by atoms with Crippen LogP contribution in [0.4, 0.5) is 10.1 Å². The molecular formula is C22H20ClFN2O2S2. The van der Waals surface area contributed by atoms with Crippen molar-refractivity contribution < 1.29 is 14.0 Å². The van der Waals surface area contributed by atoms with E-state index in [9.17, 15) is 14.0 Å². The molecule has 0 atom stereocenters. The fraction of sp³-hybridized carbons (Fsp3) is 0.227. The van der Waals surface area contributed by atoms with E-state index < -0.39 is 5.82 Å². The molecule has 0 aromatic heterocycles. The normalized spacial score (nSPS) is 15.2. The molecule has 2 aromatic rings. The van der Waals surface area contributed by atoms with Crippen molar-refractivity contribution in [3.63, 3.8) is 0 Å². The van der Waals surface area contributed by atoms with Crippen LogP contribution in [-0.4, -0.2) is 27.6 Å². The number of hydrogen-bond donors (Lipinski definition) is 1. The van der Waals surface area contributed by atoms with Gasteiger partial charge in [-0.15, -0.1) is 0 Å². The third-order valence-electron chi connectivity index (χ3n) is 4.55. The maximum absolute atomic E-state index is 13.2. The van der Waals surface area contributed by atoms with Crippen LogP contribution in [0.25, 0.3) is 6.08 Å². The number of nitrogens with zero attached hydrogens (tertiary/aromatic N) is 1. The molecule has 3 rings (SSSR count). The number of anilines is 1. The summed E-state index contributed by atoms with van der Waals surface area (Å²) in [4.78, 5) is 26.9. The molecular weight excluding hydrogens is 443 g/mol. The number of rotatable bonds is 7. The second-order valence-electron chi connectivity index (χ2n) is 6.71. The monoisotopic (exact) mass is 462 g/mol. The number of thioether (sulfide) groups is 1. The second-order valence-corrected chi connectivity index (χ2v) is 8.79. The summed E-state index contributed by atoms with van der Waals surface area (Å²) in [5, 5.41) is 2.61. The molecule has 156 valence electrons. The molecule has 4 nitrogen and oxygen atoms in total. The molecule has 1 aliphatic rings. The first-order chi connectivity index (χ1) is 14.4. The molecule has 2 amide bonds. The van der Waals surface area contributed by atoms with Crippen molar-refractivity contribution in [2.45, 2.75) is 26.2 Å². The number of carbonyl (C=O) groups excluding carboxylic acids is 2. The minimum absolute atomic E-state index is 0.0542. The summed E-state index contributed by atoms with van der Waals surface area (Å²) in [6.07, 6.45) is 3.45. The Morgan fingerprint density at radius 2 is 2.00 bits per heavy atom. The van der Waals surface area contributed by atoms with Gasteiger partial charge in [-0.05, 0) is 48.2 Å². The van der Waals surface area contributed by atoms with Crippen LogP contribution in [0.1, 0.15) is 30.9 Å². The van der Waals surface area contributed by atoms with E-state index in [1.165, 1.54) is 40.4 Å². The number of aryl methyl sites for hydroxylation is 1. The van der Waals surface area contributed by atoms with Crippen LogP contribution in [0.2, 0.25) is 5.02 Å². The smallest absolute Gasteiger partial charge is 0.266 e. The van der Waals surface area contributed by atoms with Crippen LogP contribution >= 0.6 is 35.6 Å². The molecule has 0 spiro atoms. The van der Waals surface area contributed by atoms with Crippen LogP contribution in [0.3, 0.4) is 0 Å². The Labute approximate surface area is 189 Å². The fourth-order valence-electron chi connectivity index (χ4n) is 2.89. The zero-order valence-electron chi connectivity index (χ0n) is 16.3. The van der Waals surface area contributed by atoms with Gasteiger partial charge in [0.2, 0.25) is 5.91 Å². The lowest BCUT2D eigenvalue weighted by Crippen LogP contribution is -2.29. The molecule has 0 unspecified atom stereocenters. The Bertz CT molecular complexity index is 1010.